The van der Waals surface area contributed by atoms with Gasteiger partial charge in [-0.2, -0.15) is 0 Å². The maximum Gasteiger partial charge on any atom is 0.137 e. The normalized spacial score (nSPS) is 21.1. The monoisotopic (exact) mass is 349 g/mol. The fourth-order valence-electron chi connectivity index (χ4n) is 3.18. The second kappa shape index (κ2) is 6.43. The average Bonchev–Trinajstić information content (AvgIpc) is 3.15. The molecule has 0 unspecified atom stereocenters. The number of hydrogen-bond acceptors (Lipinski definition) is 5. The van der Waals surface area contributed by atoms with E-state index in [1.54, 1.807) is 0 Å². The van der Waals surface area contributed by atoms with Crippen molar-refractivity contribution in [3.05, 3.63) is 29.3 Å². The number of likely N-dealkylation sites (tertiary alicyclic amines) is 1. The maximum absolute atomic E-state index is 5.40. The predicted molar refractivity (Wildman–Crippen MR) is 99.8 cm³/mol. The van der Waals surface area contributed by atoms with Crippen molar-refractivity contribution < 1.29 is 0 Å². The van der Waals surface area contributed by atoms with E-state index in [0.717, 1.165) is 41.9 Å². The fourth-order valence-corrected chi connectivity index (χ4v) is 5.54. The molecule has 0 spiro atoms. The van der Waals surface area contributed by atoms with Gasteiger partial charge >= 0.3 is 0 Å². The summed E-state index contributed by atoms with van der Waals surface area (Å²) in [5.74, 6) is 1.79. The van der Waals surface area contributed by atoms with E-state index < -0.39 is 0 Å². The molecule has 2 aromatic rings. The zero-order chi connectivity index (χ0) is 14.9. The van der Waals surface area contributed by atoms with Gasteiger partial charge in [-0.3, -0.25) is 4.90 Å². The van der Waals surface area contributed by atoms with Gasteiger partial charge in [-0.1, -0.05) is 36.1 Å². The van der Waals surface area contributed by atoms with E-state index in [1.807, 2.05) is 23.1 Å². The zero-order valence-corrected chi connectivity index (χ0v) is 14.9. The van der Waals surface area contributed by atoms with E-state index in [0.29, 0.717) is 5.92 Å². The lowest BCUT2D eigenvalue weighted by molar-refractivity contribution is 0.157. The molecule has 6 heteroatoms. The first-order valence-electron chi connectivity index (χ1n) is 7.79. The molecule has 3 heterocycles. The first kappa shape index (κ1) is 14.9. The Hall–Kier alpha value is -0.690. The quantitative estimate of drug-likeness (QED) is 0.784. The summed E-state index contributed by atoms with van der Waals surface area (Å²) in [6.45, 7) is 4.44. The van der Waals surface area contributed by atoms with E-state index in [1.165, 1.54) is 22.5 Å². The van der Waals surface area contributed by atoms with E-state index in [9.17, 15) is 0 Å². The van der Waals surface area contributed by atoms with E-state index >= 15 is 0 Å². The standard InChI is InChI=1S/C16H19N3S3/c20-16-19(9-10-21-16)11-18-7-5-12(6-8-18)15-17-13-3-1-2-4-14(13)22-15/h1-4,12H,5-11H2. The van der Waals surface area contributed by atoms with Gasteiger partial charge in [0.2, 0.25) is 0 Å². The zero-order valence-electron chi connectivity index (χ0n) is 12.4. The lowest BCUT2D eigenvalue weighted by Crippen LogP contribution is -2.42. The highest BCUT2D eigenvalue weighted by atomic mass is 32.2. The summed E-state index contributed by atoms with van der Waals surface area (Å²) < 4.78 is 2.40. The number of para-hydroxylation sites is 1. The van der Waals surface area contributed by atoms with E-state index in [-0.39, 0.29) is 0 Å². The molecule has 0 atom stereocenters. The van der Waals surface area contributed by atoms with Crippen molar-refractivity contribution in [2.24, 2.45) is 0 Å². The van der Waals surface area contributed by atoms with Crippen molar-refractivity contribution in [1.29, 1.82) is 0 Å². The number of rotatable bonds is 3. The molecule has 2 aliphatic rings. The number of thiocarbonyl (C=S) groups is 1. The van der Waals surface area contributed by atoms with Crippen LogP contribution in [0.2, 0.25) is 0 Å². The third kappa shape index (κ3) is 3.02. The van der Waals surface area contributed by atoms with Crippen molar-refractivity contribution in [2.75, 3.05) is 32.1 Å². The molecule has 116 valence electrons. The van der Waals surface area contributed by atoms with Crippen LogP contribution in [0.4, 0.5) is 0 Å². The Labute approximate surface area is 144 Å². The van der Waals surface area contributed by atoms with Gasteiger partial charge in [-0.05, 0) is 25.0 Å². The lowest BCUT2D eigenvalue weighted by Gasteiger charge is -2.34. The molecule has 1 aromatic heterocycles. The van der Waals surface area contributed by atoms with Crippen LogP contribution >= 0.6 is 35.3 Å². The smallest absolute Gasteiger partial charge is 0.137 e. The Morgan fingerprint density at radius 3 is 2.73 bits per heavy atom. The molecule has 3 nitrogen and oxygen atoms in total. The SMILES string of the molecule is S=C1SCCN1CN1CCC(c2nc3ccccc3s2)CC1. The minimum atomic E-state index is 0.633. The predicted octanol–water partition coefficient (Wildman–Crippen LogP) is 3.77. The van der Waals surface area contributed by atoms with Crippen molar-refractivity contribution in [1.82, 2.24) is 14.8 Å². The van der Waals surface area contributed by atoms with Crippen molar-refractivity contribution in [3.63, 3.8) is 0 Å². The molecule has 2 saturated heterocycles. The van der Waals surface area contributed by atoms with Gasteiger partial charge < -0.3 is 4.90 Å². The molecule has 2 aliphatic heterocycles. The second-order valence-corrected chi connectivity index (χ2v) is 8.72. The molecule has 22 heavy (non-hydrogen) atoms. The number of benzene rings is 1. The van der Waals surface area contributed by atoms with Gasteiger partial charge in [0.15, 0.2) is 0 Å². The van der Waals surface area contributed by atoms with Gasteiger partial charge in [0, 0.05) is 31.3 Å². The minimum Gasteiger partial charge on any atom is -0.344 e. The van der Waals surface area contributed by atoms with Crippen LogP contribution in [0.3, 0.4) is 0 Å². The third-order valence-electron chi connectivity index (χ3n) is 4.46. The van der Waals surface area contributed by atoms with Crippen LogP contribution in [0.15, 0.2) is 24.3 Å². The molecular formula is C16H19N3S3. The number of fused-ring (bicyclic) bond motifs is 1. The molecule has 0 radical (unpaired) electrons. The third-order valence-corrected chi connectivity index (χ3v) is 7.17. The Morgan fingerprint density at radius 2 is 2.00 bits per heavy atom. The number of nitrogens with zero attached hydrogens (tertiary/aromatic N) is 3. The summed E-state index contributed by atoms with van der Waals surface area (Å²) in [7, 11) is 0. The fraction of sp³-hybridized carbons (Fsp3) is 0.500. The van der Waals surface area contributed by atoms with Gasteiger partial charge in [0.1, 0.15) is 4.32 Å². The summed E-state index contributed by atoms with van der Waals surface area (Å²) in [6, 6.07) is 8.48. The Bertz CT molecular complexity index is 643. The molecule has 0 N–H and O–H groups in total. The number of aromatic nitrogens is 1. The van der Waals surface area contributed by atoms with E-state index in [4.69, 9.17) is 17.2 Å². The molecule has 4 rings (SSSR count). The molecule has 2 fully saturated rings. The first-order chi connectivity index (χ1) is 10.8. The van der Waals surface area contributed by atoms with Crippen LogP contribution in [-0.2, 0) is 0 Å². The summed E-state index contributed by atoms with van der Waals surface area (Å²) in [6.07, 6.45) is 2.43. The molecule has 0 aliphatic carbocycles. The van der Waals surface area contributed by atoms with Crippen LogP contribution in [-0.4, -0.2) is 51.2 Å². The van der Waals surface area contributed by atoms with Crippen LogP contribution in [0, 0.1) is 0 Å². The van der Waals surface area contributed by atoms with Crippen LogP contribution in [0.25, 0.3) is 10.2 Å². The Morgan fingerprint density at radius 1 is 1.18 bits per heavy atom. The molecule has 0 saturated carbocycles. The Kier molecular flexibility index (Phi) is 4.35. The molecule has 1 aromatic carbocycles. The first-order valence-corrected chi connectivity index (χ1v) is 10.00. The number of piperidine rings is 1. The minimum absolute atomic E-state index is 0.633. The molecule has 0 bridgehead atoms. The molecular weight excluding hydrogens is 330 g/mol. The summed E-state index contributed by atoms with van der Waals surface area (Å²) >= 11 is 9.09. The summed E-state index contributed by atoms with van der Waals surface area (Å²) in [5, 5.41) is 1.33. The molecule has 0 amide bonds. The topological polar surface area (TPSA) is 19.4 Å². The number of thiazole rings is 1. The summed E-state index contributed by atoms with van der Waals surface area (Å²) in [5.41, 5.74) is 1.16. The maximum atomic E-state index is 5.40. The van der Waals surface area contributed by atoms with Gasteiger partial charge in [0.25, 0.3) is 0 Å². The average molecular weight is 350 g/mol. The largest absolute Gasteiger partial charge is 0.344 e. The highest BCUT2D eigenvalue weighted by Gasteiger charge is 2.26. The summed E-state index contributed by atoms with van der Waals surface area (Å²) in [4.78, 5) is 9.73. The second-order valence-electron chi connectivity index (χ2n) is 5.93. The van der Waals surface area contributed by atoms with Crippen molar-refractivity contribution >= 4 is 49.9 Å². The van der Waals surface area contributed by atoms with Crippen molar-refractivity contribution in [3.8, 4) is 0 Å². The van der Waals surface area contributed by atoms with Crippen LogP contribution in [0.5, 0.6) is 0 Å². The highest BCUT2D eigenvalue weighted by Crippen LogP contribution is 2.34. The van der Waals surface area contributed by atoms with Gasteiger partial charge in [0.05, 0.1) is 21.9 Å². The van der Waals surface area contributed by atoms with Gasteiger partial charge in [-0.25, -0.2) is 4.98 Å². The van der Waals surface area contributed by atoms with Crippen LogP contribution < -0.4 is 0 Å². The van der Waals surface area contributed by atoms with Crippen molar-refractivity contribution in [2.45, 2.75) is 18.8 Å². The number of hydrogen-bond donors (Lipinski definition) is 0. The van der Waals surface area contributed by atoms with E-state index in [2.05, 4.69) is 34.1 Å². The number of thioether (sulfide) groups is 1. The van der Waals surface area contributed by atoms with Crippen LogP contribution in [0.1, 0.15) is 23.8 Å². The van der Waals surface area contributed by atoms with Gasteiger partial charge in [-0.15, -0.1) is 11.3 Å². The lowest BCUT2D eigenvalue weighted by atomic mass is 9.98. The Balaban J connectivity index is 1.38. The highest BCUT2D eigenvalue weighted by molar-refractivity contribution is 8.23.